The number of nitrogens with zero attached hydrogens (tertiary/aromatic N) is 1. The summed E-state index contributed by atoms with van der Waals surface area (Å²) < 4.78 is 0. The fourth-order valence-electron chi connectivity index (χ4n) is 1.04. The molecule has 0 saturated carbocycles. The molecule has 1 nitrogen and oxygen atoms in total. The lowest BCUT2D eigenvalue weighted by Gasteiger charge is -2.05. The lowest BCUT2D eigenvalue weighted by atomic mass is 10.1. The summed E-state index contributed by atoms with van der Waals surface area (Å²) in [6.45, 7) is 2.09. The van der Waals surface area contributed by atoms with Crippen molar-refractivity contribution in [2.45, 2.75) is 6.92 Å². The zero-order valence-corrected chi connectivity index (χ0v) is 6.41. The predicted octanol–water partition coefficient (Wildman–Crippen LogP) is 2.31. The molecule has 0 aromatic heterocycles. The standard InChI is InChI=1S/C10H9N/c1-8-2-4-9(5-3-8)10-6-7-11-10/h2-7H,1H3. The number of rotatable bonds is 1. The smallest absolute Gasteiger partial charge is 0.0717 e. The van der Waals surface area contributed by atoms with Crippen molar-refractivity contribution < 1.29 is 0 Å². The summed E-state index contributed by atoms with van der Waals surface area (Å²) in [6, 6.07) is 8.39. The van der Waals surface area contributed by atoms with Crippen LogP contribution in [0.15, 0.2) is 41.5 Å². The van der Waals surface area contributed by atoms with E-state index in [1.54, 1.807) is 0 Å². The monoisotopic (exact) mass is 143 g/mol. The van der Waals surface area contributed by atoms with E-state index in [1.807, 2.05) is 12.3 Å². The molecule has 1 aromatic rings. The van der Waals surface area contributed by atoms with Crippen molar-refractivity contribution in [1.29, 1.82) is 0 Å². The fraction of sp³-hybridized carbons (Fsp3) is 0.100. The maximum atomic E-state index is 4.11. The molecule has 0 radical (unpaired) electrons. The minimum absolute atomic E-state index is 1.09. The molecule has 1 heterocycles. The summed E-state index contributed by atoms with van der Waals surface area (Å²) in [5, 5.41) is 0. The zero-order chi connectivity index (χ0) is 7.68. The number of hydrogen-bond donors (Lipinski definition) is 0. The van der Waals surface area contributed by atoms with Gasteiger partial charge in [-0.05, 0) is 13.0 Å². The third kappa shape index (κ3) is 1.09. The van der Waals surface area contributed by atoms with E-state index in [1.165, 1.54) is 11.1 Å². The topological polar surface area (TPSA) is 12.4 Å². The van der Waals surface area contributed by atoms with Crippen molar-refractivity contribution in [3.63, 3.8) is 0 Å². The van der Waals surface area contributed by atoms with Gasteiger partial charge in [0.15, 0.2) is 0 Å². The van der Waals surface area contributed by atoms with Crippen molar-refractivity contribution in [2.24, 2.45) is 4.99 Å². The predicted molar refractivity (Wildman–Crippen MR) is 46.9 cm³/mol. The van der Waals surface area contributed by atoms with Crippen LogP contribution < -0.4 is 0 Å². The summed E-state index contributed by atoms with van der Waals surface area (Å²) in [5.41, 5.74) is 3.58. The molecule has 0 aliphatic carbocycles. The van der Waals surface area contributed by atoms with Gasteiger partial charge in [-0.2, -0.15) is 0 Å². The van der Waals surface area contributed by atoms with Gasteiger partial charge in [-0.1, -0.05) is 29.8 Å². The van der Waals surface area contributed by atoms with Crippen molar-refractivity contribution in [1.82, 2.24) is 0 Å². The molecule has 1 aliphatic rings. The van der Waals surface area contributed by atoms with Crippen molar-refractivity contribution in [3.8, 4) is 0 Å². The largest absolute Gasteiger partial charge is 0.256 e. The Hall–Kier alpha value is -1.37. The zero-order valence-electron chi connectivity index (χ0n) is 6.41. The number of allylic oxidation sites excluding steroid dienone is 1. The van der Waals surface area contributed by atoms with E-state index in [-0.39, 0.29) is 0 Å². The van der Waals surface area contributed by atoms with E-state index in [2.05, 4.69) is 36.2 Å². The first-order valence-corrected chi connectivity index (χ1v) is 3.68. The van der Waals surface area contributed by atoms with Gasteiger partial charge < -0.3 is 0 Å². The van der Waals surface area contributed by atoms with E-state index in [0.29, 0.717) is 0 Å². The van der Waals surface area contributed by atoms with Gasteiger partial charge >= 0.3 is 0 Å². The lowest BCUT2D eigenvalue weighted by molar-refractivity contribution is 1.43. The van der Waals surface area contributed by atoms with E-state index < -0.39 is 0 Å². The summed E-state index contributed by atoms with van der Waals surface area (Å²) >= 11 is 0. The van der Waals surface area contributed by atoms with Gasteiger partial charge in [0.2, 0.25) is 0 Å². The summed E-state index contributed by atoms with van der Waals surface area (Å²) in [5.74, 6) is 0. The Bertz CT molecular complexity index is 317. The number of aliphatic imine (C=N–C) groups is 1. The van der Waals surface area contributed by atoms with E-state index in [9.17, 15) is 0 Å². The third-order valence-corrected chi connectivity index (χ3v) is 1.79. The van der Waals surface area contributed by atoms with E-state index >= 15 is 0 Å². The van der Waals surface area contributed by atoms with Crippen LogP contribution in [0.25, 0.3) is 0 Å². The molecule has 0 saturated heterocycles. The number of benzene rings is 1. The molecule has 0 atom stereocenters. The van der Waals surface area contributed by atoms with Crippen LogP contribution in [0.2, 0.25) is 0 Å². The molecular formula is C10H9N. The van der Waals surface area contributed by atoms with E-state index in [0.717, 1.165) is 5.71 Å². The third-order valence-electron chi connectivity index (χ3n) is 1.79. The van der Waals surface area contributed by atoms with Crippen molar-refractivity contribution in [3.05, 3.63) is 47.7 Å². The first kappa shape index (κ1) is 6.35. The molecule has 0 bridgehead atoms. The van der Waals surface area contributed by atoms with Crippen LogP contribution in [0.1, 0.15) is 11.1 Å². The highest BCUT2D eigenvalue weighted by atomic mass is 14.7. The second-order valence-corrected chi connectivity index (χ2v) is 2.70. The summed E-state index contributed by atoms with van der Waals surface area (Å²) in [7, 11) is 0. The Balaban J connectivity index is 2.33. The Morgan fingerprint density at radius 2 is 1.73 bits per heavy atom. The fourth-order valence-corrected chi connectivity index (χ4v) is 1.04. The quantitative estimate of drug-likeness (QED) is 0.572. The van der Waals surface area contributed by atoms with E-state index in [4.69, 9.17) is 0 Å². The molecular weight excluding hydrogens is 134 g/mol. The maximum absolute atomic E-state index is 4.11. The minimum Gasteiger partial charge on any atom is -0.256 e. The highest BCUT2D eigenvalue weighted by molar-refractivity contribution is 6.12. The SMILES string of the molecule is Cc1ccc(C2=NC=C2)cc1. The van der Waals surface area contributed by atoms with Gasteiger partial charge in [0.1, 0.15) is 0 Å². The van der Waals surface area contributed by atoms with Crippen LogP contribution in [0.4, 0.5) is 0 Å². The van der Waals surface area contributed by atoms with Gasteiger partial charge in [0.05, 0.1) is 5.71 Å². The molecule has 54 valence electrons. The van der Waals surface area contributed by atoms with Gasteiger partial charge in [-0.3, -0.25) is 4.99 Å². The molecule has 2 rings (SSSR count). The van der Waals surface area contributed by atoms with Crippen LogP contribution in [0.5, 0.6) is 0 Å². The van der Waals surface area contributed by atoms with Crippen molar-refractivity contribution in [2.75, 3.05) is 0 Å². The Labute approximate surface area is 66.1 Å². The first-order valence-electron chi connectivity index (χ1n) is 3.68. The maximum Gasteiger partial charge on any atom is 0.0717 e. The van der Waals surface area contributed by atoms with Crippen LogP contribution in [-0.2, 0) is 0 Å². The number of aryl methyl sites for hydroxylation is 1. The van der Waals surface area contributed by atoms with Crippen LogP contribution in [-0.4, -0.2) is 5.71 Å². The van der Waals surface area contributed by atoms with Gasteiger partial charge in [-0.25, -0.2) is 0 Å². The highest BCUT2D eigenvalue weighted by Gasteiger charge is 2.02. The number of hydrogen-bond acceptors (Lipinski definition) is 1. The van der Waals surface area contributed by atoms with Crippen LogP contribution in [0, 0.1) is 6.92 Å². The molecule has 1 aromatic carbocycles. The van der Waals surface area contributed by atoms with Crippen LogP contribution in [0.3, 0.4) is 0 Å². The van der Waals surface area contributed by atoms with Gasteiger partial charge in [0, 0.05) is 11.8 Å². The van der Waals surface area contributed by atoms with Gasteiger partial charge in [-0.15, -0.1) is 0 Å². The minimum atomic E-state index is 1.09. The normalized spacial score (nSPS) is 14.1. The Morgan fingerprint density at radius 1 is 1.09 bits per heavy atom. The second kappa shape index (κ2) is 2.35. The Morgan fingerprint density at radius 3 is 2.18 bits per heavy atom. The van der Waals surface area contributed by atoms with Crippen molar-refractivity contribution >= 4 is 5.71 Å². The Kier molecular flexibility index (Phi) is 1.35. The molecule has 1 aliphatic heterocycles. The molecule has 0 spiro atoms. The summed E-state index contributed by atoms with van der Waals surface area (Å²) in [4.78, 5) is 4.11. The van der Waals surface area contributed by atoms with Gasteiger partial charge in [0.25, 0.3) is 0 Å². The second-order valence-electron chi connectivity index (χ2n) is 2.70. The average Bonchev–Trinajstić information content (AvgIpc) is 1.90. The molecule has 0 unspecified atom stereocenters. The first-order chi connectivity index (χ1) is 5.36. The molecule has 0 N–H and O–H groups in total. The molecule has 1 heteroatoms. The molecule has 11 heavy (non-hydrogen) atoms. The average molecular weight is 143 g/mol. The van der Waals surface area contributed by atoms with Crippen LogP contribution >= 0.6 is 0 Å². The molecule has 0 amide bonds. The summed E-state index contributed by atoms with van der Waals surface area (Å²) in [6.07, 6.45) is 3.83. The molecule has 0 fully saturated rings. The lowest BCUT2D eigenvalue weighted by Crippen LogP contribution is -2.00. The highest BCUT2D eigenvalue weighted by Crippen LogP contribution is 2.09.